The number of hydrazine groups is 1. The van der Waals surface area contributed by atoms with Crippen LogP contribution in [0, 0.1) is 0 Å². The Morgan fingerprint density at radius 1 is 1.29 bits per heavy atom. The molecule has 0 fully saturated rings. The highest BCUT2D eigenvalue weighted by Gasteiger charge is 2.16. The largest absolute Gasteiger partial charge is 0.271 e. The molecule has 0 amide bonds. The van der Waals surface area contributed by atoms with E-state index in [2.05, 4.69) is 29.4 Å². The minimum absolute atomic E-state index is 0.0189. The fourth-order valence-corrected chi connectivity index (χ4v) is 2.70. The second-order valence-electron chi connectivity index (χ2n) is 5.22. The van der Waals surface area contributed by atoms with Gasteiger partial charge in [-0.3, -0.25) is 11.3 Å². The summed E-state index contributed by atoms with van der Waals surface area (Å²) in [5.74, 6) is 6.57. The Balaban J connectivity index is 2.11. The van der Waals surface area contributed by atoms with Gasteiger partial charge in [0.25, 0.3) is 0 Å². The van der Waals surface area contributed by atoms with Crippen molar-refractivity contribution in [3.8, 4) is 0 Å². The molecule has 0 radical (unpaired) electrons. The zero-order chi connectivity index (χ0) is 15.4. The van der Waals surface area contributed by atoms with Crippen molar-refractivity contribution in [1.29, 1.82) is 0 Å². The molecule has 21 heavy (non-hydrogen) atoms. The van der Waals surface area contributed by atoms with Gasteiger partial charge in [0, 0.05) is 28.5 Å². The van der Waals surface area contributed by atoms with E-state index < -0.39 is 0 Å². The maximum atomic E-state index is 6.21. The van der Waals surface area contributed by atoms with E-state index >= 15 is 0 Å². The quantitative estimate of drug-likeness (QED) is 0.632. The highest BCUT2D eigenvalue weighted by molar-refractivity contribution is 6.35. The molecule has 1 aromatic heterocycles. The maximum Gasteiger partial charge on any atom is 0.138 e. The first-order valence-corrected chi connectivity index (χ1v) is 7.55. The van der Waals surface area contributed by atoms with Crippen LogP contribution in [0.15, 0.2) is 24.5 Å². The van der Waals surface area contributed by atoms with Gasteiger partial charge in [0.2, 0.25) is 0 Å². The Labute approximate surface area is 134 Å². The molecule has 0 aliphatic carbocycles. The topological polar surface area (TPSA) is 68.8 Å². The van der Waals surface area contributed by atoms with Gasteiger partial charge in [0.05, 0.1) is 0 Å². The first-order chi connectivity index (χ1) is 10.0. The lowest BCUT2D eigenvalue weighted by Crippen LogP contribution is -2.39. The molecule has 0 bridgehead atoms. The molecular formula is C14H19Cl2N5. The van der Waals surface area contributed by atoms with E-state index in [1.165, 1.54) is 0 Å². The third-order valence-corrected chi connectivity index (χ3v) is 3.87. The standard InChI is InChI=1S/C14H19Cl2N5/c1-9(2)21-14(18-8-19-21)7-12(20-17)5-10-3-4-11(15)6-13(10)16/h3-4,6,8-9,12,20H,5,7,17H2,1-2H3. The van der Waals surface area contributed by atoms with Crippen molar-refractivity contribution in [3.63, 3.8) is 0 Å². The fraction of sp³-hybridized carbons (Fsp3) is 0.429. The van der Waals surface area contributed by atoms with Crippen molar-refractivity contribution in [3.05, 3.63) is 46.0 Å². The number of rotatable bonds is 6. The van der Waals surface area contributed by atoms with Crippen LogP contribution in [0.2, 0.25) is 10.0 Å². The molecule has 1 heterocycles. The van der Waals surface area contributed by atoms with Gasteiger partial charge in [-0.15, -0.1) is 0 Å². The summed E-state index contributed by atoms with van der Waals surface area (Å²) in [5, 5.41) is 5.50. The molecule has 0 aliphatic heterocycles. The van der Waals surface area contributed by atoms with E-state index in [9.17, 15) is 0 Å². The van der Waals surface area contributed by atoms with Crippen LogP contribution < -0.4 is 11.3 Å². The smallest absolute Gasteiger partial charge is 0.138 e. The first kappa shape index (κ1) is 16.2. The lowest BCUT2D eigenvalue weighted by Gasteiger charge is -2.18. The van der Waals surface area contributed by atoms with Crippen molar-refractivity contribution in [2.75, 3.05) is 0 Å². The Morgan fingerprint density at radius 3 is 2.67 bits per heavy atom. The van der Waals surface area contributed by atoms with Gasteiger partial charge in [0.1, 0.15) is 12.2 Å². The average Bonchev–Trinajstić information content (AvgIpc) is 2.89. The minimum atomic E-state index is 0.0189. The van der Waals surface area contributed by atoms with Crippen molar-refractivity contribution in [2.24, 2.45) is 5.84 Å². The second kappa shape index (κ2) is 7.22. The van der Waals surface area contributed by atoms with Gasteiger partial charge in [-0.05, 0) is 38.0 Å². The van der Waals surface area contributed by atoms with Crippen LogP contribution in [0.4, 0.5) is 0 Å². The summed E-state index contributed by atoms with van der Waals surface area (Å²) in [6.45, 7) is 4.14. The molecule has 1 unspecified atom stereocenters. The van der Waals surface area contributed by atoms with Gasteiger partial charge < -0.3 is 0 Å². The van der Waals surface area contributed by atoms with Gasteiger partial charge in [-0.2, -0.15) is 5.10 Å². The summed E-state index contributed by atoms with van der Waals surface area (Å²) in [6.07, 6.45) is 2.93. The highest BCUT2D eigenvalue weighted by atomic mass is 35.5. The first-order valence-electron chi connectivity index (χ1n) is 6.79. The number of halogens is 2. The lowest BCUT2D eigenvalue weighted by atomic mass is 10.0. The highest BCUT2D eigenvalue weighted by Crippen LogP contribution is 2.22. The molecule has 0 aliphatic rings. The third-order valence-electron chi connectivity index (χ3n) is 3.28. The Bertz CT molecular complexity index is 597. The molecule has 114 valence electrons. The van der Waals surface area contributed by atoms with Crippen LogP contribution in [0.3, 0.4) is 0 Å². The van der Waals surface area contributed by atoms with Crippen LogP contribution in [-0.2, 0) is 12.8 Å². The normalized spacial score (nSPS) is 12.9. The molecule has 0 saturated heterocycles. The number of hydrogen-bond acceptors (Lipinski definition) is 4. The Hall–Kier alpha value is -1.14. The lowest BCUT2D eigenvalue weighted by molar-refractivity contribution is 0.459. The molecule has 1 aromatic carbocycles. The van der Waals surface area contributed by atoms with Gasteiger partial charge in [0.15, 0.2) is 0 Å². The molecule has 0 spiro atoms. The Morgan fingerprint density at radius 2 is 2.05 bits per heavy atom. The summed E-state index contributed by atoms with van der Waals surface area (Å²) in [6, 6.07) is 5.77. The van der Waals surface area contributed by atoms with Gasteiger partial charge in [-0.25, -0.2) is 9.67 Å². The van der Waals surface area contributed by atoms with Crippen LogP contribution in [-0.4, -0.2) is 20.8 Å². The number of aromatic nitrogens is 3. The zero-order valence-corrected chi connectivity index (χ0v) is 13.6. The van der Waals surface area contributed by atoms with E-state index in [4.69, 9.17) is 29.0 Å². The molecule has 7 heteroatoms. The Kier molecular flexibility index (Phi) is 5.58. The predicted molar refractivity (Wildman–Crippen MR) is 85.4 cm³/mol. The number of hydrogen-bond donors (Lipinski definition) is 2. The number of nitrogens with zero attached hydrogens (tertiary/aromatic N) is 3. The summed E-state index contributed by atoms with van der Waals surface area (Å²) in [7, 11) is 0. The van der Waals surface area contributed by atoms with E-state index in [-0.39, 0.29) is 12.1 Å². The summed E-state index contributed by atoms with van der Waals surface area (Å²) in [5.41, 5.74) is 3.82. The molecule has 2 aromatic rings. The van der Waals surface area contributed by atoms with Gasteiger partial charge in [-0.1, -0.05) is 29.3 Å². The van der Waals surface area contributed by atoms with Crippen LogP contribution in [0.5, 0.6) is 0 Å². The van der Waals surface area contributed by atoms with Crippen LogP contribution >= 0.6 is 23.2 Å². The van der Waals surface area contributed by atoms with Crippen LogP contribution in [0.25, 0.3) is 0 Å². The SMILES string of the molecule is CC(C)n1ncnc1CC(Cc1ccc(Cl)cc1Cl)NN. The van der Waals surface area contributed by atoms with Crippen molar-refractivity contribution in [2.45, 2.75) is 38.8 Å². The molecule has 1 atom stereocenters. The monoisotopic (exact) mass is 327 g/mol. The maximum absolute atomic E-state index is 6.21. The summed E-state index contributed by atoms with van der Waals surface area (Å²) < 4.78 is 1.90. The second-order valence-corrected chi connectivity index (χ2v) is 6.07. The summed E-state index contributed by atoms with van der Waals surface area (Å²) in [4.78, 5) is 4.31. The van der Waals surface area contributed by atoms with E-state index in [0.29, 0.717) is 22.9 Å². The molecule has 2 rings (SSSR count). The fourth-order valence-electron chi connectivity index (χ4n) is 2.21. The van der Waals surface area contributed by atoms with Crippen molar-refractivity contribution < 1.29 is 0 Å². The minimum Gasteiger partial charge on any atom is -0.271 e. The molecule has 0 saturated carbocycles. The predicted octanol–water partition coefficient (Wildman–Crippen LogP) is 2.78. The summed E-state index contributed by atoms with van der Waals surface area (Å²) >= 11 is 12.1. The van der Waals surface area contributed by atoms with E-state index in [1.54, 1.807) is 12.4 Å². The van der Waals surface area contributed by atoms with Crippen molar-refractivity contribution >= 4 is 23.2 Å². The van der Waals surface area contributed by atoms with E-state index in [1.807, 2.05) is 16.8 Å². The molecule has 5 nitrogen and oxygen atoms in total. The van der Waals surface area contributed by atoms with Crippen LogP contribution in [0.1, 0.15) is 31.3 Å². The van der Waals surface area contributed by atoms with Crippen molar-refractivity contribution in [1.82, 2.24) is 20.2 Å². The molecular weight excluding hydrogens is 309 g/mol. The zero-order valence-electron chi connectivity index (χ0n) is 12.1. The van der Waals surface area contributed by atoms with Gasteiger partial charge >= 0.3 is 0 Å². The average molecular weight is 328 g/mol. The van der Waals surface area contributed by atoms with E-state index in [0.717, 1.165) is 11.4 Å². The number of nitrogens with two attached hydrogens (primary N) is 1. The number of nitrogens with one attached hydrogen (secondary N) is 1. The third kappa shape index (κ3) is 4.17. The number of benzene rings is 1. The molecule has 3 N–H and O–H groups in total.